The molecule has 0 radical (unpaired) electrons. The number of benzene rings is 1. The fourth-order valence-electron chi connectivity index (χ4n) is 2.48. The van der Waals surface area contributed by atoms with E-state index in [0.717, 1.165) is 23.5 Å². The molecule has 1 aliphatic rings. The molecular formula is C16H19N3O2S2. The van der Waals surface area contributed by atoms with Gasteiger partial charge in [0.2, 0.25) is 0 Å². The van der Waals surface area contributed by atoms with Gasteiger partial charge in [0.15, 0.2) is 0 Å². The summed E-state index contributed by atoms with van der Waals surface area (Å²) in [5, 5.41) is 14.3. The van der Waals surface area contributed by atoms with Crippen LogP contribution in [0.2, 0.25) is 0 Å². The zero-order valence-electron chi connectivity index (χ0n) is 12.9. The number of nitro groups is 1. The van der Waals surface area contributed by atoms with E-state index in [1.54, 1.807) is 36.2 Å². The molecule has 0 atom stereocenters. The summed E-state index contributed by atoms with van der Waals surface area (Å²) in [6, 6.07) is 6.60. The van der Waals surface area contributed by atoms with Crippen LogP contribution in [0.15, 0.2) is 40.5 Å². The molecule has 0 unspecified atom stereocenters. The highest BCUT2D eigenvalue weighted by atomic mass is 32.2. The average molecular weight is 349 g/mol. The van der Waals surface area contributed by atoms with Crippen LogP contribution in [-0.4, -0.2) is 34.7 Å². The second-order valence-corrected chi connectivity index (χ2v) is 6.56. The molecule has 0 aliphatic heterocycles. The lowest BCUT2D eigenvalue weighted by Gasteiger charge is -2.09. The molecule has 5 nitrogen and oxygen atoms in total. The Morgan fingerprint density at radius 1 is 1.48 bits per heavy atom. The summed E-state index contributed by atoms with van der Waals surface area (Å²) in [6.45, 7) is 1.27. The van der Waals surface area contributed by atoms with Gasteiger partial charge in [-0.3, -0.25) is 15.1 Å². The smallest absolute Gasteiger partial charge is 0.278 e. The third-order valence-electron chi connectivity index (χ3n) is 3.59. The van der Waals surface area contributed by atoms with Gasteiger partial charge in [0.05, 0.1) is 21.2 Å². The minimum Gasteiger partial charge on any atom is -0.386 e. The Morgan fingerprint density at radius 3 is 3.00 bits per heavy atom. The Kier molecular flexibility index (Phi) is 6.73. The van der Waals surface area contributed by atoms with Gasteiger partial charge in [-0.2, -0.15) is 0 Å². The summed E-state index contributed by atoms with van der Waals surface area (Å²) in [5.74, 6) is 0. The molecule has 0 aromatic heterocycles. The first-order valence-electron chi connectivity index (χ1n) is 7.41. The molecule has 0 bridgehead atoms. The van der Waals surface area contributed by atoms with Crippen molar-refractivity contribution in [2.45, 2.75) is 19.3 Å². The van der Waals surface area contributed by atoms with Gasteiger partial charge in [0.1, 0.15) is 0 Å². The molecule has 0 heterocycles. The van der Waals surface area contributed by atoms with Crippen molar-refractivity contribution in [3.63, 3.8) is 0 Å². The van der Waals surface area contributed by atoms with Crippen LogP contribution in [0.25, 0.3) is 0 Å². The van der Waals surface area contributed by atoms with E-state index < -0.39 is 4.92 Å². The van der Waals surface area contributed by atoms with Gasteiger partial charge >= 0.3 is 0 Å². The van der Waals surface area contributed by atoms with Gasteiger partial charge in [-0.25, -0.2) is 0 Å². The summed E-state index contributed by atoms with van der Waals surface area (Å²) in [7, 11) is 0. The van der Waals surface area contributed by atoms with Crippen LogP contribution < -0.4 is 5.32 Å². The Hall–Kier alpha value is -1.73. The maximum absolute atomic E-state index is 10.9. The van der Waals surface area contributed by atoms with Crippen molar-refractivity contribution in [1.29, 1.82) is 0 Å². The number of aliphatic imine (C=N–C) groups is 1. The van der Waals surface area contributed by atoms with Crippen molar-refractivity contribution < 1.29 is 4.92 Å². The molecule has 0 fully saturated rings. The second-order valence-electron chi connectivity index (χ2n) is 5.08. The van der Waals surface area contributed by atoms with E-state index in [2.05, 4.69) is 10.3 Å². The van der Waals surface area contributed by atoms with Gasteiger partial charge in [-0.05, 0) is 37.2 Å². The number of allylic oxidation sites excluding steroid dienone is 1. The third-order valence-corrected chi connectivity index (χ3v) is 4.96. The van der Waals surface area contributed by atoms with E-state index >= 15 is 0 Å². The summed E-state index contributed by atoms with van der Waals surface area (Å²) in [5.41, 5.74) is 3.09. The molecule has 0 spiro atoms. The Labute approximate surface area is 145 Å². The average Bonchev–Trinajstić information content (AvgIpc) is 3.02. The van der Waals surface area contributed by atoms with Crippen molar-refractivity contribution in [2.75, 3.05) is 19.3 Å². The number of nitro benzene ring substituents is 1. The van der Waals surface area contributed by atoms with Crippen LogP contribution >= 0.6 is 24.0 Å². The SMILES string of the molecule is CSC(=S)C1=C(NCCN=Cc2ccccc2[N+](=O)[O-])CCC1. The van der Waals surface area contributed by atoms with E-state index in [1.165, 1.54) is 17.3 Å². The van der Waals surface area contributed by atoms with E-state index in [0.29, 0.717) is 18.7 Å². The van der Waals surface area contributed by atoms with Crippen LogP contribution in [-0.2, 0) is 0 Å². The van der Waals surface area contributed by atoms with Crippen molar-refractivity contribution >= 4 is 40.1 Å². The van der Waals surface area contributed by atoms with E-state index in [4.69, 9.17) is 12.2 Å². The van der Waals surface area contributed by atoms with Gasteiger partial charge in [0, 0.05) is 24.5 Å². The molecule has 2 rings (SSSR count). The topological polar surface area (TPSA) is 67.5 Å². The minimum atomic E-state index is -0.390. The van der Waals surface area contributed by atoms with Crippen LogP contribution in [0, 0.1) is 10.1 Å². The van der Waals surface area contributed by atoms with Gasteiger partial charge in [-0.1, -0.05) is 24.4 Å². The molecule has 0 saturated carbocycles. The van der Waals surface area contributed by atoms with Crippen LogP contribution in [0.5, 0.6) is 0 Å². The number of nitrogens with zero attached hydrogens (tertiary/aromatic N) is 2. The zero-order chi connectivity index (χ0) is 16.7. The van der Waals surface area contributed by atoms with E-state index in [9.17, 15) is 10.1 Å². The lowest BCUT2D eigenvalue weighted by molar-refractivity contribution is -0.385. The maximum atomic E-state index is 10.9. The maximum Gasteiger partial charge on any atom is 0.278 e. The molecule has 122 valence electrons. The molecule has 1 aromatic carbocycles. The summed E-state index contributed by atoms with van der Waals surface area (Å²) in [6.07, 6.45) is 6.78. The number of para-hydroxylation sites is 1. The number of hydrogen-bond acceptors (Lipinski definition) is 6. The highest BCUT2D eigenvalue weighted by molar-refractivity contribution is 8.23. The molecule has 1 aliphatic carbocycles. The number of nitrogens with one attached hydrogen (secondary N) is 1. The molecule has 23 heavy (non-hydrogen) atoms. The van der Waals surface area contributed by atoms with Crippen LogP contribution in [0.1, 0.15) is 24.8 Å². The summed E-state index contributed by atoms with van der Waals surface area (Å²) >= 11 is 6.98. The van der Waals surface area contributed by atoms with Crippen molar-refractivity contribution in [2.24, 2.45) is 4.99 Å². The normalized spacial score (nSPS) is 14.5. The van der Waals surface area contributed by atoms with Crippen LogP contribution in [0.4, 0.5) is 5.69 Å². The van der Waals surface area contributed by atoms with Crippen LogP contribution in [0.3, 0.4) is 0 Å². The molecule has 0 amide bonds. The number of thioether (sulfide) groups is 1. The molecule has 1 N–H and O–H groups in total. The van der Waals surface area contributed by atoms with Crippen molar-refractivity contribution in [1.82, 2.24) is 5.32 Å². The third kappa shape index (κ3) is 4.87. The molecule has 7 heteroatoms. The number of hydrogen-bond donors (Lipinski definition) is 1. The first-order valence-corrected chi connectivity index (χ1v) is 9.04. The summed E-state index contributed by atoms with van der Waals surface area (Å²) in [4.78, 5) is 14.8. The predicted molar refractivity (Wildman–Crippen MR) is 101 cm³/mol. The lowest BCUT2D eigenvalue weighted by Crippen LogP contribution is -2.18. The van der Waals surface area contributed by atoms with Gasteiger partial charge < -0.3 is 5.32 Å². The zero-order valence-corrected chi connectivity index (χ0v) is 14.6. The van der Waals surface area contributed by atoms with E-state index in [1.807, 2.05) is 6.26 Å². The Bertz CT molecular complexity index is 656. The largest absolute Gasteiger partial charge is 0.386 e. The van der Waals surface area contributed by atoms with Gasteiger partial charge in [0.25, 0.3) is 5.69 Å². The van der Waals surface area contributed by atoms with E-state index in [-0.39, 0.29) is 5.69 Å². The highest BCUT2D eigenvalue weighted by Crippen LogP contribution is 2.28. The fourth-order valence-corrected chi connectivity index (χ4v) is 3.18. The first-order chi connectivity index (χ1) is 11.1. The molecular weight excluding hydrogens is 330 g/mol. The van der Waals surface area contributed by atoms with Crippen molar-refractivity contribution in [3.8, 4) is 0 Å². The van der Waals surface area contributed by atoms with Crippen molar-refractivity contribution in [3.05, 3.63) is 51.2 Å². The highest BCUT2D eigenvalue weighted by Gasteiger charge is 2.17. The fraction of sp³-hybridized carbons (Fsp3) is 0.375. The number of thiocarbonyl (C=S) groups is 1. The molecule has 1 aromatic rings. The van der Waals surface area contributed by atoms with Gasteiger partial charge in [-0.15, -0.1) is 11.8 Å². The first kappa shape index (κ1) is 17.6. The molecule has 0 saturated heterocycles. The second kappa shape index (κ2) is 8.79. The lowest BCUT2D eigenvalue weighted by atomic mass is 10.2. The minimum absolute atomic E-state index is 0.0790. The summed E-state index contributed by atoms with van der Waals surface area (Å²) < 4.78 is 0.966. The Balaban J connectivity index is 1.88. The standard InChI is InChI=1S/C16H19N3O2S2/c1-23-16(22)13-6-4-7-14(13)18-10-9-17-11-12-5-2-3-8-15(12)19(20)21/h2-3,5,8,11,18H,4,6-7,9-10H2,1H3. The quantitative estimate of drug-likeness (QED) is 0.267. The number of rotatable bonds is 7. The Morgan fingerprint density at radius 2 is 2.26 bits per heavy atom. The monoisotopic (exact) mass is 349 g/mol. The predicted octanol–water partition coefficient (Wildman–Crippen LogP) is 3.73.